The summed E-state index contributed by atoms with van der Waals surface area (Å²) in [6, 6.07) is 0. The van der Waals surface area contributed by atoms with Crippen molar-refractivity contribution in [3.8, 4) is 0 Å². The second kappa shape index (κ2) is 6.98. The van der Waals surface area contributed by atoms with Gasteiger partial charge in [0.15, 0.2) is 0 Å². The van der Waals surface area contributed by atoms with E-state index >= 15 is 0 Å². The Balaban J connectivity index is 4.56. The van der Waals surface area contributed by atoms with Crippen LogP contribution in [0.3, 0.4) is 0 Å². The van der Waals surface area contributed by atoms with Crippen LogP contribution in [-0.2, 0) is 0 Å². The number of hydrogen-bond acceptors (Lipinski definition) is 2. The third-order valence-electron chi connectivity index (χ3n) is 1.28. The van der Waals surface area contributed by atoms with Crippen molar-refractivity contribution in [2.45, 2.75) is 6.92 Å². The molecule has 0 bridgehead atoms. The first kappa shape index (κ1) is 11.3. The van der Waals surface area contributed by atoms with Crippen molar-refractivity contribution in [2.75, 3.05) is 0 Å². The lowest BCUT2D eigenvalue weighted by Crippen LogP contribution is -1.71. The molecule has 0 saturated carbocycles. The number of azo groups is 1. The highest BCUT2D eigenvalue weighted by Gasteiger charge is 1.85. The Morgan fingerprint density at radius 3 is 1.92 bits per heavy atom. The zero-order chi connectivity index (χ0) is 10.1. The molecule has 0 spiro atoms. The van der Waals surface area contributed by atoms with E-state index in [2.05, 4.69) is 30.0 Å². The molecule has 0 atom stereocenters. The predicted octanol–water partition coefficient (Wildman–Crippen LogP) is 3.78. The average molecular weight is 174 g/mol. The van der Waals surface area contributed by atoms with Crippen LogP contribution in [0.4, 0.5) is 0 Å². The third-order valence-corrected chi connectivity index (χ3v) is 1.28. The summed E-state index contributed by atoms with van der Waals surface area (Å²) in [5, 5.41) is 7.86. The van der Waals surface area contributed by atoms with E-state index in [-0.39, 0.29) is 0 Å². The van der Waals surface area contributed by atoms with Crippen molar-refractivity contribution in [2.24, 2.45) is 10.2 Å². The standard InChI is InChI=1S/C11H14N2/c1-5-9-11(8-4)13-12-10(6-2)7-3/h5-9H,1-2,4H2,3H3/b10-7+,11-9+,13-12+. The van der Waals surface area contributed by atoms with Crippen LogP contribution >= 0.6 is 0 Å². The second-order valence-corrected chi connectivity index (χ2v) is 2.15. The molecule has 0 aliphatic carbocycles. The van der Waals surface area contributed by atoms with Crippen LogP contribution < -0.4 is 0 Å². The molecule has 0 aromatic carbocycles. The summed E-state index contributed by atoms with van der Waals surface area (Å²) in [4.78, 5) is 0. The van der Waals surface area contributed by atoms with Gasteiger partial charge in [-0.25, -0.2) is 0 Å². The van der Waals surface area contributed by atoms with Gasteiger partial charge in [-0.05, 0) is 25.2 Å². The van der Waals surface area contributed by atoms with E-state index < -0.39 is 0 Å². The van der Waals surface area contributed by atoms with Crippen LogP contribution in [0.15, 0.2) is 71.7 Å². The molecule has 0 fully saturated rings. The molecule has 0 heterocycles. The minimum Gasteiger partial charge on any atom is -0.151 e. The topological polar surface area (TPSA) is 24.7 Å². The predicted molar refractivity (Wildman–Crippen MR) is 57.3 cm³/mol. The molecule has 0 saturated heterocycles. The maximum atomic E-state index is 3.93. The van der Waals surface area contributed by atoms with Gasteiger partial charge in [0.1, 0.15) is 0 Å². The van der Waals surface area contributed by atoms with Gasteiger partial charge in [-0.1, -0.05) is 31.9 Å². The zero-order valence-electron chi connectivity index (χ0n) is 7.90. The highest BCUT2D eigenvalue weighted by molar-refractivity contribution is 5.20. The molecule has 0 unspecified atom stereocenters. The molecule has 0 aliphatic rings. The van der Waals surface area contributed by atoms with E-state index in [1.807, 2.05) is 13.0 Å². The van der Waals surface area contributed by atoms with Gasteiger partial charge in [0.25, 0.3) is 0 Å². The molecule has 0 aromatic heterocycles. The van der Waals surface area contributed by atoms with E-state index in [0.29, 0.717) is 5.70 Å². The van der Waals surface area contributed by atoms with Crippen molar-refractivity contribution in [3.05, 3.63) is 61.5 Å². The van der Waals surface area contributed by atoms with Crippen LogP contribution in [0.2, 0.25) is 0 Å². The summed E-state index contributed by atoms with van der Waals surface area (Å²) < 4.78 is 0. The molecule has 13 heavy (non-hydrogen) atoms. The van der Waals surface area contributed by atoms with Gasteiger partial charge in [0, 0.05) is 0 Å². The maximum Gasteiger partial charge on any atom is 0.0850 e. The van der Waals surface area contributed by atoms with Crippen molar-refractivity contribution < 1.29 is 0 Å². The van der Waals surface area contributed by atoms with Gasteiger partial charge < -0.3 is 0 Å². The summed E-state index contributed by atoms with van der Waals surface area (Å²) >= 11 is 0. The van der Waals surface area contributed by atoms with Gasteiger partial charge in [-0.15, -0.1) is 0 Å². The van der Waals surface area contributed by atoms with E-state index in [4.69, 9.17) is 0 Å². The Hall–Kier alpha value is -1.70. The number of hydrogen-bond donors (Lipinski definition) is 0. The second-order valence-electron chi connectivity index (χ2n) is 2.15. The van der Waals surface area contributed by atoms with E-state index in [1.54, 1.807) is 24.3 Å². The lowest BCUT2D eigenvalue weighted by molar-refractivity contribution is 1.12. The van der Waals surface area contributed by atoms with Crippen LogP contribution in [0, 0.1) is 0 Å². The Morgan fingerprint density at radius 1 is 1.00 bits per heavy atom. The fourth-order valence-corrected chi connectivity index (χ4v) is 0.595. The molecule has 68 valence electrons. The van der Waals surface area contributed by atoms with Gasteiger partial charge in [-0.2, -0.15) is 10.2 Å². The molecule has 2 heteroatoms. The first-order valence-corrected chi connectivity index (χ1v) is 3.94. The molecule has 2 nitrogen and oxygen atoms in total. The highest BCUT2D eigenvalue weighted by atomic mass is 15.1. The number of rotatable bonds is 5. The van der Waals surface area contributed by atoms with Gasteiger partial charge in [-0.3, -0.25) is 0 Å². The molecule has 0 aromatic rings. The van der Waals surface area contributed by atoms with Crippen molar-refractivity contribution in [1.29, 1.82) is 0 Å². The summed E-state index contributed by atoms with van der Waals surface area (Å²) in [5.74, 6) is 0. The Kier molecular flexibility index (Phi) is 6.06. The SMILES string of the molecule is C=C/C=C(C=C)/N=N/C(C=C)=C/C. The maximum absolute atomic E-state index is 3.93. The first-order valence-electron chi connectivity index (χ1n) is 3.94. The molecule has 0 N–H and O–H groups in total. The summed E-state index contributed by atoms with van der Waals surface area (Å²) in [7, 11) is 0. The van der Waals surface area contributed by atoms with Gasteiger partial charge in [0.05, 0.1) is 11.4 Å². The number of allylic oxidation sites excluding steroid dienone is 5. The van der Waals surface area contributed by atoms with E-state index in [0.717, 1.165) is 5.70 Å². The lowest BCUT2D eigenvalue weighted by Gasteiger charge is -1.90. The minimum atomic E-state index is 0.677. The zero-order valence-corrected chi connectivity index (χ0v) is 7.90. The third kappa shape index (κ3) is 4.69. The largest absolute Gasteiger partial charge is 0.151 e. The highest BCUT2D eigenvalue weighted by Crippen LogP contribution is 2.04. The normalized spacial score (nSPS) is 13.0. The number of nitrogens with zero attached hydrogens (tertiary/aromatic N) is 2. The van der Waals surface area contributed by atoms with Crippen LogP contribution in [0.1, 0.15) is 6.92 Å². The van der Waals surface area contributed by atoms with E-state index in [9.17, 15) is 0 Å². The Morgan fingerprint density at radius 2 is 1.54 bits per heavy atom. The Bertz CT molecular complexity index is 280. The molecular formula is C11H14N2. The van der Waals surface area contributed by atoms with Crippen LogP contribution in [-0.4, -0.2) is 0 Å². The summed E-state index contributed by atoms with van der Waals surface area (Å²) in [6.07, 6.45) is 8.44. The molecule has 0 radical (unpaired) electrons. The fourth-order valence-electron chi connectivity index (χ4n) is 0.595. The van der Waals surface area contributed by atoms with E-state index in [1.165, 1.54) is 0 Å². The van der Waals surface area contributed by atoms with Gasteiger partial charge >= 0.3 is 0 Å². The minimum absolute atomic E-state index is 0.677. The molecule has 0 aliphatic heterocycles. The average Bonchev–Trinajstić information content (AvgIpc) is 2.17. The summed E-state index contributed by atoms with van der Waals surface area (Å²) in [6.45, 7) is 12.6. The van der Waals surface area contributed by atoms with Crippen molar-refractivity contribution >= 4 is 0 Å². The Labute approximate surface area is 79.4 Å². The van der Waals surface area contributed by atoms with Gasteiger partial charge in [0.2, 0.25) is 0 Å². The van der Waals surface area contributed by atoms with Crippen LogP contribution in [0.25, 0.3) is 0 Å². The smallest absolute Gasteiger partial charge is 0.0850 e. The monoisotopic (exact) mass is 174 g/mol. The molecule has 0 rings (SSSR count). The summed E-state index contributed by atoms with van der Waals surface area (Å²) in [5.41, 5.74) is 1.41. The quantitative estimate of drug-likeness (QED) is 0.447. The van der Waals surface area contributed by atoms with Crippen LogP contribution in [0.5, 0.6) is 0 Å². The fraction of sp³-hybridized carbons (Fsp3) is 0.0909. The molecular weight excluding hydrogens is 160 g/mol. The molecule has 0 amide bonds. The lowest BCUT2D eigenvalue weighted by atomic mass is 10.4. The first-order chi connectivity index (χ1) is 6.28. The van der Waals surface area contributed by atoms with Crippen molar-refractivity contribution in [3.63, 3.8) is 0 Å². The van der Waals surface area contributed by atoms with Crippen molar-refractivity contribution in [1.82, 2.24) is 0 Å².